The summed E-state index contributed by atoms with van der Waals surface area (Å²) in [5.41, 5.74) is 1.97. The van der Waals surface area contributed by atoms with Gasteiger partial charge < -0.3 is 10.6 Å². The number of rotatable bonds is 8. The molecule has 0 aliphatic rings. The molecule has 0 fully saturated rings. The molecule has 0 aliphatic heterocycles. The number of nitrogens with one attached hydrogen (secondary N) is 2. The molecule has 7 heteroatoms. The molecule has 1 aromatic carbocycles. The molecule has 0 saturated heterocycles. The third-order valence-corrected chi connectivity index (χ3v) is 3.42. The van der Waals surface area contributed by atoms with Gasteiger partial charge in [0.1, 0.15) is 5.82 Å². The maximum Gasteiger partial charge on any atom is 0.191 e. The lowest BCUT2D eigenvalue weighted by molar-refractivity contribution is 0.470. The second-order valence-corrected chi connectivity index (χ2v) is 5.38. The van der Waals surface area contributed by atoms with Gasteiger partial charge in [0.15, 0.2) is 5.96 Å². The van der Waals surface area contributed by atoms with Gasteiger partial charge in [-0.1, -0.05) is 6.07 Å². The number of nitrogens with zero attached hydrogens (tertiary/aromatic N) is 1. The summed E-state index contributed by atoms with van der Waals surface area (Å²) in [4.78, 5) is 4.47. The fourth-order valence-corrected chi connectivity index (χ4v) is 2.40. The zero-order valence-electron chi connectivity index (χ0n) is 13.0. The molecule has 0 heterocycles. The Morgan fingerprint density at radius 2 is 2.05 bits per heavy atom. The van der Waals surface area contributed by atoms with Crippen molar-refractivity contribution >= 4 is 41.7 Å². The molecule has 1 aromatic rings. The molecule has 0 unspecified atom stereocenters. The summed E-state index contributed by atoms with van der Waals surface area (Å²) in [7, 11) is 0. The van der Waals surface area contributed by atoms with Crippen LogP contribution in [-0.2, 0) is 12.3 Å². The van der Waals surface area contributed by atoms with Gasteiger partial charge in [-0.05, 0) is 42.9 Å². The third kappa shape index (κ3) is 8.17. The molecule has 0 bridgehead atoms. The van der Waals surface area contributed by atoms with Crippen molar-refractivity contribution in [3.05, 3.63) is 35.1 Å². The van der Waals surface area contributed by atoms with Crippen LogP contribution in [0.2, 0.25) is 0 Å². The smallest absolute Gasteiger partial charge is 0.191 e. The predicted molar refractivity (Wildman–Crippen MR) is 102 cm³/mol. The molecule has 0 saturated carbocycles. The molecule has 0 radical (unpaired) electrons. The topological polar surface area (TPSA) is 36.4 Å². The SMILES string of the molecule is CCNC(=NCc1ccc(F)cc1CSC)NCCCF.I. The Bertz CT molecular complexity index is 458. The van der Waals surface area contributed by atoms with Crippen LogP contribution in [0.3, 0.4) is 0 Å². The zero-order valence-corrected chi connectivity index (χ0v) is 16.1. The fraction of sp³-hybridized carbons (Fsp3) is 0.533. The van der Waals surface area contributed by atoms with E-state index in [1.165, 1.54) is 6.07 Å². The van der Waals surface area contributed by atoms with Crippen LogP contribution in [-0.4, -0.2) is 32.0 Å². The quantitative estimate of drug-likeness (QED) is 0.278. The van der Waals surface area contributed by atoms with Crippen molar-refractivity contribution in [2.45, 2.75) is 25.6 Å². The minimum atomic E-state index is -0.345. The molecule has 2 N–H and O–H groups in total. The van der Waals surface area contributed by atoms with Gasteiger partial charge in [0.2, 0.25) is 0 Å². The molecule has 0 aromatic heterocycles. The Morgan fingerprint density at radius 1 is 1.27 bits per heavy atom. The van der Waals surface area contributed by atoms with Gasteiger partial charge in [-0.15, -0.1) is 24.0 Å². The number of hydrogen-bond donors (Lipinski definition) is 2. The van der Waals surface area contributed by atoms with Crippen LogP contribution >= 0.6 is 35.7 Å². The largest absolute Gasteiger partial charge is 0.357 e. The molecule has 0 atom stereocenters. The number of aliphatic imine (C=N–C) groups is 1. The molecule has 0 aliphatic carbocycles. The van der Waals surface area contributed by atoms with E-state index in [0.717, 1.165) is 23.4 Å². The van der Waals surface area contributed by atoms with Gasteiger partial charge in [0.25, 0.3) is 0 Å². The monoisotopic (exact) mass is 443 g/mol. The molecular formula is C15H24F2IN3S. The van der Waals surface area contributed by atoms with E-state index in [4.69, 9.17) is 0 Å². The maximum atomic E-state index is 13.3. The average molecular weight is 443 g/mol. The molecule has 0 amide bonds. The van der Waals surface area contributed by atoms with Gasteiger partial charge in [-0.2, -0.15) is 11.8 Å². The Kier molecular flexibility index (Phi) is 12.6. The van der Waals surface area contributed by atoms with E-state index in [2.05, 4.69) is 15.6 Å². The van der Waals surface area contributed by atoms with E-state index >= 15 is 0 Å². The summed E-state index contributed by atoms with van der Waals surface area (Å²) >= 11 is 1.65. The number of thioether (sulfide) groups is 1. The lowest BCUT2D eigenvalue weighted by Gasteiger charge is -2.12. The van der Waals surface area contributed by atoms with Gasteiger partial charge in [-0.25, -0.2) is 9.38 Å². The first kappa shape index (κ1) is 21.4. The number of alkyl halides is 1. The molecule has 22 heavy (non-hydrogen) atoms. The highest BCUT2D eigenvalue weighted by molar-refractivity contribution is 14.0. The number of hydrogen-bond acceptors (Lipinski definition) is 2. The van der Waals surface area contributed by atoms with Crippen LogP contribution in [0.5, 0.6) is 0 Å². The van der Waals surface area contributed by atoms with Crippen molar-refractivity contribution in [1.82, 2.24) is 10.6 Å². The van der Waals surface area contributed by atoms with Crippen molar-refractivity contribution in [3.8, 4) is 0 Å². The van der Waals surface area contributed by atoms with Crippen LogP contribution in [0.1, 0.15) is 24.5 Å². The van der Waals surface area contributed by atoms with Gasteiger partial charge in [-0.3, -0.25) is 4.39 Å². The highest BCUT2D eigenvalue weighted by Crippen LogP contribution is 2.17. The van der Waals surface area contributed by atoms with E-state index in [-0.39, 0.29) is 36.5 Å². The summed E-state index contributed by atoms with van der Waals surface area (Å²) in [5.74, 6) is 1.19. The van der Waals surface area contributed by atoms with Crippen molar-refractivity contribution < 1.29 is 8.78 Å². The number of benzene rings is 1. The summed E-state index contributed by atoms with van der Waals surface area (Å²) in [6.45, 7) is 3.39. The first-order valence-corrected chi connectivity index (χ1v) is 8.45. The highest BCUT2D eigenvalue weighted by atomic mass is 127. The Labute approximate surface area is 152 Å². The molecule has 0 spiro atoms. The van der Waals surface area contributed by atoms with E-state index in [1.807, 2.05) is 13.2 Å². The van der Waals surface area contributed by atoms with Crippen LogP contribution in [0.25, 0.3) is 0 Å². The predicted octanol–water partition coefficient (Wildman–Crippen LogP) is 3.72. The third-order valence-electron chi connectivity index (χ3n) is 2.82. The summed E-state index contributed by atoms with van der Waals surface area (Å²) < 4.78 is 25.4. The van der Waals surface area contributed by atoms with Crippen LogP contribution < -0.4 is 10.6 Å². The van der Waals surface area contributed by atoms with E-state index in [1.54, 1.807) is 23.9 Å². The van der Waals surface area contributed by atoms with Crippen molar-refractivity contribution in [1.29, 1.82) is 0 Å². The first-order valence-electron chi connectivity index (χ1n) is 7.05. The Balaban J connectivity index is 0.00000441. The van der Waals surface area contributed by atoms with E-state index in [0.29, 0.717) is 25.5 Å². The second kappa shape index (κ2) is 12.9. The maximum absolute atomic E-state index is 13.3. The standard InChI is InChI=1S/C15H23F2N3S.HI/c1-3-18-15(19-8-4-7-16)20-10-12-5-6-14(17)9-13(12)11-21-2;/h5-6,9H,3-4,7-8,10-11H2,1-2H3,(H2,18,19,20);1H. The van der Waals surface area contributed by atoms with Crippen molar-refractivity contribution in [2.75, 3.05) is 26.0 Å². The molecule has 1 rings (SSSR count). The summed E-state index contributed by atoms with van der Waals surface area (Å²) in [6, 6.07) is 4.79. The molecule has 126 valence electrons. The van der Waals surface area contributed by atoms with Crippen LogP contribution in [0, 0.1) is 5.82 Å². The lowest BCUT2D eigenvalue weighted by Crippen LogP contribution is -2.37. The van der Waals surface area contributed by atoms with Gasteiger partial charge in [0.05, 0.1) is 13.2 Å². The molecule has 3 nitrogen and oxygen atoms in total. The zero-order chi connectivity index (χ0) is 15.5. The Hall–Kier alpha value is -0.570. The summed E-state index contributed by atoms with van der Waals surface area (Å²) in [6.07, 6.45) is 2.44. The number of guanidine groups is 1. The summed E-state index contributed by atoms with van der Waals surface area (Å²) in [5, 5.41) is 6.19. The normalized spacial score (nSPS) is 11.0. The van der Waals surface area contributed by atoms with Crippen molar-refractivity contribution in [3.63, 3.8) is 0 Å². The minimum absolute atomic E-state index is 0. The van der Waals surface area contributed by atoms with Crippen LogP contribution in [0.4, 0.5) is 8.78 Å². The Morgan fingerprint density at radius 3 is 2.68 bits per heavy atom. The van der Waals surface area contributed by atoms with Gasteiger partial charge >= 0.3 is 0 Å². The first-order chi connectivity index (χ1) is 10.2. The van der Waals surface area contributed by atoms with E-state index < -0.39 is 0 Å². The van der Waals surface area contributed by atoms with Crippen molar-refractivity contribution in [2.24, 2.45) is 4.99 Å². The average Bonchev–Trinajstić information content (AvgIpc) is 2.47. The molecular weight excluding hydrogens is 419 g/mol. The van der Waals surface area contributed by atoms with E-state index in [9.17, 15) is 8.78 Å². The lowest BCUT2D eigenvalue weighted by atomic mass is 10.1. The highest BCUT2D eigenvalue weighted by Gasteiger charge is 2.04. The fourth-order valence-electron chi connectivity index (χ4n) is 1.82. The van der Waals surface area contributed by atoms with Crippen LogP contribution in [0.15, 0.2) is 23.2 Å². The number of halogens is 3. The second-order valence-electron chi connectivity index (χ2n) is 4.51. The van der Waals surface area contributed by atoms with Gasteiger partial charge in [0, 0.05) is 18.8 Å². The minimum Gasteiger partial charge on any atom is -0.357 e.